The molecule has 0 unspecified atom stereocenters. The highest BCUT2D eigenvalue weighted by Crippen LogP contribution is 2.46. The summed E-state index contributed by atoms with van der Waals surface area (Å²) >= 11 is 0. The van der Waals surface area contributed by atoms with Crippen molar-refractivity contribution in [3.63, 3.8) is 0 Å². The largest absolute Gasteiger partial charge is 0.484 e. The molecule has 116 valence electrons. The molecule has 0 saturated carbocycles. The van der Waals surface area contributed by atoms with Crippen molar-refractivity contribution in [2.24, 2.45) is 0 Å². The Morgan fingerprint density at radius 1 is 1.29 bits per heavy atom. The van der Waals surface area contributed by atoms with E-state index in [1.165, 1.54) is 6.07 Å². The van der Waals surface area contributed by atoms with E-state index in [-0.39, 0.29) is 18.0 Å². The first kappa shape index (κ1) is 14.7. The van der Waals surface area contributed by atoms with Gasteiger partial charge in [0.15, 0.2) is 11.6 Å². The van der Waals surface area contributed by atoms with E-state index in [1.807, 2.05) is 13.8 Å². The van der Waals surface area contributed by atoms with Gasteiger partial charge in [-0.15, -0.1) is 0 Å². The number of halogens is 2. The van der Waals surface area contributed by atoms with E-state index < -0.39 is 17.2 Å². The second-order valence-electron chi connectivity index (χ2n) is 6.22. The minimum Gasteiger partial charge on any atom is -0.484 e. The third-order valence-corrected chi connectivity index (χ3v) is 4.21. The Morgan fingerprint density at radius 2 is 2.00 bits per heavy atom. The van der Waals surface area contributed by atoms with E-state index >= 15 is 0 Å². The molecule has 1 saturated heterocycles. The van der Waals surface area contributed by atoms with Gasteiger partial charge in [-0.05, 0) is 45.8 Å². The summed E-state index contributed by atoms with van der Waals surface area (Å²) in [5.74, 6) is -1.07. The Hall–Kier alpha value is -1.20. The zero-order valence-electron chi connectivity index (χ0n) is 12.4. The number of hydrogen-bond acceptors (Lipinski definition) is 3. The number of benzene rings is 1. The van der Waals surface area contributed by atoms with Crippen LogP contribution in [0.25, 0.3) is 0 Å². The van der Waals surface area contributed by atoms with Crippen LogP contribution in [0.1, 0.15) is 44.8 Å². The topological polar surface area (TPSA) is 30.5 Å². The number of rotatable bonds is 2. The summed E-state index contributed by atoms with van der Waals surface area (Å²) in [6.07, 6.45) is 1.92. The molecule has 1 aromatic carbocycles. The lowest BCUT2D eigenvalue weighted by Crippen LogP contribution is -2.49. The third-order valence-electron chi connectivity index (χ3n) is 4.21. The summed E-state index contributed by atoms with van der Waals surface area (Å²) in [4.78, 5) is 0. The van der Waals surface area contributed by atoms with Crippen LogP contribution in [0.2, 0.25) is 0 Å². The van der Waals surface area contributed by atoms with Crippen molar-refractivity contribution in [2.45, 2.75) is 50.9 Å². The van der Waals surface area contributed by atoms with Gasteiger partial charge in [-0.1, -0.05) is 0 Å². The highest BCUT2D eigenvalue weighted by atomic mass is 19.1. The average molecular weight is 297 g/mol. The molecule has 0 amide bonds. The lowest BCUT2D eigenvalue weighted by Gasteiger charge is -2.44. The maximum absolute atomic E-state index is 14.1. The molecule has 1 aromatic rings. The number of ether oxygens (including phenoxy) is 2. The van der Waals surface area contributed by atoms with Crippen LogP contribution in [0.4, 0.5) is 8.78 Å². The number of piperidine rings is 1. The van der Waals surface area contributed by atoms with E-state index in [0.29, 0.717) is 12.0 Å². The summed E-state index contributed by atoms with van der Waals surface area (Å²) in [6.45, 7) is 5.54. The van der Waals surface area contributed by atoms with Crippen LogP contribution in [0, 0.1) is 11.6 Å². The Morgan fingerprint density at radius 3 is 2.67 bits per heavy atom. The number of hydrogen-bond donors (Lipinski definition) is 1. The van der Waals surface area contributed by atoms with Crippen LogP contribution in [0.5, 0.6) is 5.75 Å². The lowest BCUT2D eigenvalue weighted by molar-refractivity contribution is -0.0813. The fraction of sp³-hybridized carbons (Fsp3) is 0.625. The van der Waals surface area contributed by atoms with Crippen LogP contribution >= 0.6 is 0 Å². The maximum atomic E-state index is 14.1. The first-order valence-corrected chi connectivity index (χ1v) is 7.53. The molecule has 0 aliphatic carbocycles. The van der Waals surface area contributed by atoms with E-state index in [9.17, 15) is 8.78 Å². The van der Waals surface area contributed by atoms with Gasteiger partial charge in [-0.3, -0.25) is 0 Å². The van der Waals surface area contributed by atoms with E-state index in [2.05, 4.69) is 5.32 Å². The molecule has 3 rings (SSSR count). The van der Waals surface area contributed by atoms with Crippen molar-refractivity contribution in [1.29, 1.82) is 0 Å². The van der Waals surface area contributed by atoms with Crippen molar-refractivity contribution < 1.29 is 18.3 Å². The number of nitrogens with one attached hydrogen (secondary N) is 1. The SMILES string of the molecule is CC(C)O[C@@H]1CC2(CCNCC2)Oc2c(F)cc(F)cc21. The van der Waals surface area contributed by atoms with E-state index in [1.54, 1.807) is 0 Å². The molecular formula is C16H21F2NO2. The smallest absolute Gasteiger partial charge is 0.168 e. The van der Waals surface area contributed by atoms with Crippen molar-refractivity contribution in [3.8, 4) is 5.75 Å². The first-order chi connectivity index (χ1) is 9.99. The van der Waals surface area contributed by atoms with Gasteiger partial charge in [-0.25, -0.2) is 8.78 Å². The predicted molar refractivity (Wildman–Crippen MR) is 75.4 cm³/mol. The summed E-state index contributed by atoms with van der Waals surface area (Å²) in [7, 11) is 0. The zero-order valence-corrected chi connectivity index (χ0v) is 12.4. The predicted octanol–water partition coefficient (Wildman–Crippen LogP) is 3.34. The van der Waals surface area contributed by atoms with Gasteiger partial charge in [0.1, 0.15) is 11.4 Å². The molecule has 1 spiro atoms. The maximum Gasteiger partial charge on any atom is 0.168 e. The molecule has 5 heteroatoms. The monoisotopic (exact) mass is 297 g/mol. The van der Waals surface area contributed by atoms with Crippen molar-refractivity contribution >= 4 is 0 Å². The van der Waals surface area contributed by atoms with Crippen LogP contribution < -0.4 is 10.1 Å². The van der Waals surface area contributed by atoms with Crippen molar-refractivity contribution in [2.75, 3.05) is 13.1 Å². The Balaban J connectivity index is 2.00. The average Bonchev–Trinajstić information content (AvgIpc) is 2.41. The number of fused-ring (bicyclic) bond motifs is 1. The van der Waals surface area contributed by atoms with Gasteiger partial charge in [0.05, 0.1) is 12.2 Å². The minimum atomic E-state index is -0.639. The van der Waals surface area contributed by atoms with Gasteiger partial charge in [0.25, 0.3) is 0 Å². The third kappa shape index (κ3) is 2.90. The lowest BCUT2D eigenvalue weighted by atomic mass is 9.82. The van der Waals surface area contributed by atoms with E-state index in [0.717, 1.165) is 32.0 Å². The molecule has 2 aliphatic heterocycles. The highest BCUT2D eigenvalue weighted by Gasteiger charge is 2.43. The zero-order chi connectivity index (χ0) is 15.0. The van der Waals surface area contributed by atoms with Crippen LogP contribution in [0.3, 0.4) is 0 Å². The molecule has 1 atom stereocenters. The van der Waals surface area contributed by atoms with Gasteiger partial charge in [-0.2, -0.15) is 0 Å². The van der Waals surface area contributed by atoms with Gasteiger partial charge in [0.2, 0.25) is 0 Å². The molecule has 21 heavy (non-hydrogen) atoms. The second kappa shape index (κ2) is 5.54. The molecule has 0 bridgehead atoms. The Labute approximate surface area is 123 Å². The molecule has 2 aliphatic rings. The molecule has 1 N–H and O–H groups in total. The molecule has 0 radical (unpaired) electrons. The summed E-state index contributed by atoms with van der Waals surface area (Å²) in [5, 5.41) is 3.29. The van der Waals surface area contributed by atoms with Crippen molar-refractivity contribution in [3.05, 3.63) is 29.3 Å². The summed E-state index contributed by atoms with van der Waals surface area (Å²) in [5.41, 5.74) is 0.0848. The quantitative estimate of drug-likeness (QED) is 0.908. The normalized spacial score (nSPS) is 24.0. The van der Waals surface area contributed by atoms with Crippen LogP contribution in [0.15, 0.2) is 12.1 Å². The fourth-order valence-electron chi connectivity index (χ4n) is 3.27. The second-order valence-corrected chi connectivity index (χ2v) is 6.22. The molecule has 0 aromatic heterocycles. The first-order valence-electron chi connectivity index (χ1n) is 7.53. The van der Waals surface area contributed by atoms with Crippen molar-refractivity contribution in [1.82, 2.24) is 5.32 Å². The molecule has 3 nitrogen and oxygen atoms in total. The Kier molecular flexibility index (Phi) is 3.88. The van der Waals surface area contributed by atoms with E-state index in [4.69, 9.17) is 9.47 Å². The minimum absolute atomic E-state index is 0.00829. The standard InChI is InChI=1S/C16H21F2NO2/c1-10(2)20-14-9-16(3-5-19-6-4-16)21-15-12(14)7-11(17)8-13(15)18/h7-8,10,14,19H,3-6,9H2,1-2H3/t14-/m1/s1. The molecule has 1 fully saturated rings. The van der Waals surface area contributed by atoms with Crippen LogP contribution in [-0.4, -0.2) is 24.8 Å². The van der Waals surface area contributed by atoms with Crippen LogP contribution in [-0.2, 0) is 4.74 Å². The molecular weight excluding hydrogens is 276 g/mol. The fourth-order valence-corrected chi connectivity index (χ4v) is 3.27. The van der Waals surface area contributed by atoms with Gasteiger partial charge < -0.3 is 14.8 Å². The summed E-state index contributed by atoms with van der Waals surface area (Å²) in [6, 6.07) is 2.21. The highest BCUT2D eigenvalue weighted by molar-refractivity contribution is 5.40. The Bertz CT molecular complexity index is 527. The van der Waals surface area contributed by atoms with Gasteiger partial charge >= 0.3 is 0 Å². The molecule has 2 heterocycles. The van der Waals surface area contributed by atoms with Gasteiger partial charge in [0, 0.05) is 18.1 Å². The summed E-state index contributed by atoms with van der Waals surface area (Å²) < 4.78 is 39.6.